The number of rotatable bonds is 4. The van der Waals surface area contributed by atoms with Crippen LogP contribution in [0, 0.1) is 0 Å². The first-order valence-electron chi connectivity index (χ1n) is 5.36. The Morgan fingerprint density at radius 2 is 2.18 bits per heavy atom. The van der Waals surface area contributed by atoms with Crippen LogP contribution in [0.1, 0.15) is 24.3 Å². The monoisotopic (exact) mass is 231 g/mol. The molecule has 88 valence electrons. The van der Waals surface area contributed by atoms with E-state index in [1.54, 1.807) is 29.2 Å². The maximum absolute atomic E-state index is 11.0. The van der Waals surface area contributed by atoms with E-state index in [0.29, 0.717) is 17.2 Å². The number of Topliss-reactive ketones (excluding diaryl/α,β-unsaturated/α-hetero) is 1. The van der Waals surface area contributed by atoms with Gasteiger partial charge in [0.05, 0.1) is 18.6 Å². The molecule has 2 heterocycles. The van der Waals surface area contributed by atoms with Crippen LogP contribution in [-0.4, -0.2) is 20.5 Å². The summed E-state index contributed by atoms with van der Waals surface area (Å²) in [7, 11) is 0. The summed E-state index contributed by atoms with van der Waals surface area (Å²) in [5, 5.41) is 4.09. The van der Waals surface area contributed by atoms with E-state index in [0.717, 1.165) is 6.54 Å². The van der Waals surface area contributed by atoms with E-state index in [1.165, 1.54) is 13.1 Å². The highest BCUT2D eigenvalue weighted by atomic mass is 16.5. The molecule has 0 saturated carbocycles. The molecule has 0 spiro atoms. The third-order valence-corrected chi connectivity index (χ3v) is 2.27. The third-order valence-electron chi connectivity index (χ3n) is 2.27. The summed E-state index contributed by atoms with van der Waals surface area (Å²) < 4.78 is 7.31. The van der Waals surface area contributed by atoms with Gasteiger partial charge >= 0.3 is 0 Å². The number of ether oxygens (including phenoxy) is 1. The van der Waals surface area contributed by atoms with Crippen molar-refractivity contribution in [2.45, 2.75) is 20.4 Å². The zero-order valence-electron chi connectivity index (χ0n) is 9.75. The van der Waals surface area contributed by atoms with E-state index in [1.807, 2.05) is 6.92 Å². The molecule has 0 amide bonds. The summed E-state index contributed by atoms with van der Waals surface area (Å²) in [4.78, 5) is 15.0. The molecule has 0 aromatic carbocycles. The number of carbonyl (C=O) groups is 1. The Bertz CT molecular complexity index is 517. The van der Waals surface area contributed by atoms with E-state index in [-0.39, 0.29) is 5.78 Å². The first-order valence-corrected chi connectivity index (χ1v) is 5.36. The number of aromatic nitrogens is 3. The molecule has 0 radical (unpaired) electrons. The van der Waals surface area contributed by atoms with Gasteiger partial charge in [-0.05, 0) is 19.1 Å². The van der Waals surface area contributed by atoms with Crippen LogP contribution in [0.4, 0.5) is 0 Å². The topological polar surface area (TPSA) is 57.0 Å². The lowest BCUT2D eigenvalue weighted by Gasteiger charge is -2.02. The van der Waals surface area contributed by atoms with Crippen LogP contribution in [0.15, 0.2) is 30.7 Å². The van der Waals surface area contributed by atoms with Crippen LogP contribution in [0.25, 0.3) is 0 Å². The largest absolute Gasteiger partial charge is 0.452 e. The minimum atomic E-state index is -0.0599. The van der Waals surface area contributed by atoms with Gasteiger partial charge in [-0.2, -0.15) is 5.10 Å². The van der Waals surface area contributed by atoms with Gasteiger partial charge in [0.25, 0.3) is 0 Å². The Morgan fingerprint density at radius 1 is 1.35 bits per heavy atom. The lowest BCUT2D eigenvalue weighted by atomic mass is 10.3. The molecule has 5 nitrogen and oxygen atoms in total. The fourth-order valence-corrected chi connectivity index (χ4v) is 1.36. The summed E-state index contributed by atoms with van der Waals surface area (Å²) in [5.41, 5.74) is 0.432. The maximum atomic E-state index is 11.0. The van der Waals surface area contributed by atoms with Crippen molar-refractivity contribution in [3.05, 3.63) is 36.4 Å². The van der Waals surface area contributed by atoms with E-state index in [9.17, 15) is 4.79 Å². The molecule has 2 aromatic heterocycles. The first kappa shape index (κ1) is 11.3. The Balaban J connectivity index is 2.10. The van der Waals surface area contributed by atoms with Crippen LogP contribution in [0.5, 0.6) is 11.5 Å². The Morgan fingerprint density at radius 3 is 2.71 bits per heavy atom. The molecular weight excluding hydrogens is 218 g/mol. The van der Waals surface area contributed by atoms with Crippen molar-refractivity contribution >= 4 is 5.78 Å². The van der Waals surface area contributed by atoms with Crippen LogP contribution < -0.4 is 4.74 Å². The minimum Gasteiger partial charge on any atom is -0.452 e. The van der Waals surface area contributed by atoms with Gasteiger partial charge in [0, 0.05) is 13.5 Å². The Hall–Kier alpha value is -2.17. The van der Waals surface area contributed by atoms with Crippen molar-refractivity contribution in [2.24, 2.45) is 0 Å². The van der Waals surface area contributed by atoms with E-state index in [2.05, 4.69) is 10.1 Å². The molecule has 0 aliphatic heterocycles. The average Bonchev–Trinajstić information content (AvgIpc) is 2.77. The normalized spacial score (nSPS) is 10.2. The number of nitrogens with zero attached hydrogens (tertiary/aromatic N) is 3. The van der Waals surface area contributed by atoms with Gasteiger partial charge in [-0.1, -0.05) is 0 Å². The molecule has 0 N–H and O–H groups in total. The Kier molecular flexibility index (Phi) is 3.18. The summed E-state index contributed by atoms with van der Waals surface area (Å²) in [6.45, 7) is 4.28. The molecule has 0 unspecified atom stereocenters. The van der Waals surface area contributed by atoms with Crippen molar-refractivity contribution in [1.82, 2.24) is 14.8 Å². The average molecular weight is 231 g/mol. The molecule has 0 aliphatic carbocycles. The van der Waals surface area contributed by atoms with Crippen LogP contribution in [0.3, 0.4) is 0 Å². The van der Waals surface area contributed by atoms with Gasteiger partial charge < -0.3 is 4.74 Å². The van der Waals surface area contributed by atoms with Gasteiger partial charge in [0.15, 0.2) is 11.5 Å². The minimum absolute atomic E-state index is 0.0599. The summed E-state index contributed by atoms with van der Waals surface area (Å²) >= 11 is 0. The van der Waals surface area contributed by atoms with Crippen LogP contribution in [0.2, 0.25) is 0 Å². The van der Waals surface area contributed by atoms with E-state index >= 15 is 0 Å². The molecule has 0 aliphatic rings. The molecule has 0 fully saturated rings. The smallest absolute Gasteiger partial charge is 0.178 e. The second kappa shape index (κ2) is 4.78. The number of hydrogen-bond donors (Lipinski definition) is 0. The molecular formula is C12H13N3O2. The van der Waals surface area contributed by atoms with Gasteiger partial charge in [-0.15, -0.1) is 0 Å². The highest BCUT2D eigenvalue weighted by Gasteiger charge is 2.03. The lowest BCUT2D eigenvalue weighted by molar-refractivity contribution is 0.101. The molecule has 0 bridgehead atoms. The predicted molar refractivity (Wildman–Crippen MR) is 62.2 cm³/mol. The fraction of sp³-hybridized carbons (Fsp3) is 0.250. The van der Waals surface area contributed by atoms with Crippen molar-refractivity contribution in [1.29, 1.82) is 0 Å². The second-order valence-corrected chi connectivity index (χ2v) is 3.57. The molecule has 5 heteroatoms. The van der Waals surface area contributed by atoms with Crippen molar-refractivity contribution in [3.63, 3.8) is 0 Å². The van der Waals surface area contributed by atoms with E-state index < -0.39 is 0 Å². The Labute approximate surface area is 99.1 Å². The van der Waals surface area contributed by atoms with E-state index in [4.69, 9.17) is 4.74 Å². The number of aryl methyl sites for hydroxylation is 1. The zero-order valence-corrected chi connectivity index (χ0v) is 9.75. The quantitative estimate of drug-likeness (QED) is 0.757. The highest BCUT2D eigenvalue weighted by molar-refractivity contribution is 5.92. The van der Waals surface area contributed by atoms with Gasteiger partial charge in [0.1, 0.15) is 11.4 Å². The molecule has 2 aromatic rings. The predicted octanol–water partition coefficient (Wildman–Crippen LogP) is 2.29. The van der Waals surface area contributed by atoms with Crippen molar-refractivity contribution in [2.75, 3.05) is 0 Å². The number of pyridine rings is 1. The SMILES string of the molecule is CCn1cc(Oc2ccc(C(C)=O)nc2)cn1. The zero-order chi connectivity index (χ0) is 12.3. The second-order valence-electron chi connectivity index (χ2n) is 3.57. The standard InChI is InChI=1S/C12H13N3O2/c1-3-15-8-11(7-14-15)17-10-4-5-12(9(2)16)13-6-10/h4-8H,3H2,1-2H3. The van der Waals surface area contributed by atoms with Gasteiger partial charge in [-0.3, -0.25) is 9.48 Å². The van der Waals surface area contributed by atoms with Crippen LogP contribution >= 0.6 is 0 Å². The molecule has 0 saturated heterocycles. The van der Waals surface area contributed by atoms with Crippen LogP contribution in [-0.2, 0) is 6.54 Å². The summed E-state index contributed by atoms with van der Waals surface area (Å²) in [6, 6.07) is 3.36. The first-order chi connectivity index (χ1) is 8.19. The third kappa shape index (κ3) is 2.69. The maximum Gasteiger partial charge on any atom is 0.178 e. The fourth-order valence-electron chi connectivity index (χ4n) is 1.36. The number of ketones is 1. The molecule has 0 atom stereocenters. The molecule has 17 heavy (non-hydrogen) atoms. The summed E-state index contributed by atoms with van der Waals surface area (Å²) in [6.07, 6.45) is 4.97. The lowest BCUT2D eigenvalue weighted by Crippen LogP contribution is -1.95. The number of hydrogen-bond acceptors (Lipinski definition) is 4. The van der Waals surface area contributed by atoms with Crippen molar-refractivity contribution in [3.8, 4) is 11.5 Å². The molecule has 2 rings (SSSR count). The van der Waals surface area contributed by atoms with Gasteiger partial charge in [-0.25, -0.2) is 4.98 Å². The van der Waals surface area contributed by atoms with Crippen molar-refractivity contribution < 1.29 is 9.53 Å². The number of carbonyl (C=O) groups excluding carboxylic acids is 1. The summed E-state index contributed by atoms with van der Waals surface area (Å²) in [5.74, 6) is 1.19. The van der Waals surface area contributed by atoms with Gasteiger partial charge in [0.2, 0.25) is 0 Å². The highest BCUT2D eigenvalue weighted by Crippen LogP contribution is 2.19.